The molecule has 1 aromatic carbocycles. The monoisotopic (exact) mass is 303 g/mol. The van der Waals surface area contributed by atoms with Crippen LogP contribution in [-0.2, 0) is 17.9 Å². The van der Waals surface area contributed by atoms with E-state index in [0.29, 0.717) is 19.0 Å². The van der Waals surface area contributed by atoms with Crippen LogP contribution in [0, 0.1) is 0 Å². The van der Waals surface area contributed by atoms with Crippen molar-refractivity contribution in [2.24, 2.45) is 0 Å². The highest BCUT2D eigenvalue weighted by Gasteiger charge is 2.13. The molecule has 0 aliphatic rings. The van der Waals surface area contributed by atoms with Crippen molar-refractivity contribution in [1.29, 1.82) is 0 Å². The minimum atomic E-state index is 0.611. The fourth-order valence-corrected chi connectivity index (χ4v) is 2.99. The maximum Gasteiger partial charge on any atom is 0.238 e. The van der Waals surface area contributed by atoms with E-state index in [1.54, 1.807) is 25.6 Å². The summed E-state index contributed by atoms with van der Waals surface area (Å²) in [5, 5.41) is 5.43. The Morgan fingerprint density at radius 3 is 3.05 bits per heavy atom. The van der Waals surface area contributed by atoms with E-state index in [4.69, 9.17) is 9.47 Å². The Balaban J connectivity index is 1.79. The molecule has 0 spiro atoms. The van der Waals surface area contributed by atoms with E-state index >= 15 is 0 Å². The lowest BCUT2D eigenvalue weighted by molar-refractivity contribution is 0.185. The van der Waals surface area contributed by atoms with Crippen LogP contribution < -0.4 is 10.1 Å². The number of benzene rings is 1. The minimum Gasteiger partial charge on any atom is -0.480 e. The van der Waals surface area contributed by atoms with E-state index in [-0.39, 0.29) is 0 Å². The van der Waals surface area contributed by atoms with E-state index in [9.17, 15) is 0 Å². The van der Waals surface area contributed by atoms with Crippen LogP contribution in [0.25, 0.3) is 4.96 Å². The highest BCUT2D eigenvalue weighted by Crippen LogP contribution is 2.24. The van der Waals surface area contributed by atoms with Crippen molar-refractivity contribution < 1.29 is 9.47 Å². The number of hydrogen-bond donors (Lipinski definition) is 1. The van der Waals surface area contributed by atoms with Crippen molar-refractivity contribution in [3.05, 3.63) is 47.1 Å². The van der Waals surface area contributed by atoms with Crippen LogP contribution in [0.4, 0.5) is 5.69 Å². The summed E-state index contributed by atoms with van der Waals surface area (Å²) in [5.74, 6) is 0.669. The number of aromatic nitrogens is 2. The van der Waals surface area contributed by atoms with Crippen molar-refractivity contribution in [3.8, 4) is 5.88 Å². The van der Waals surface area contributed by atoms with Gasteiger partial charge in [-0.05, 0) is 17.7 Å². The molecule has 21 heavy (non-hydrogen) atoms. The van der Waals surface area contributed by atoms with E-state index in [1.807, 2.05) is 29.8 Å². The molecule has 3 rings (SSSR count). The lowest BCUT2D eigenvalue weighted by Gasteiger charge is -2.09. The maximum atomic E-state index is 5.35. The molecule has 0 bridgehead atoms. The quantitative estimate of drug-likeness (QED) is 0.760. The predicted molar refractivity (Wildman–Crippen MR) is 84.1 cm³/mol. The molecule has 5 nitrogen and oxygen atoms in total. The first kappa shape index (κ1) is 13.9. The number of rotatable bonds is 6. The SMILES string of the molecule is COCc1cccc(NCc2c(OC)nc3sccn23)c1. The summed E-state index contributed by atoms with van der Waals surface area (Å²) in [6.45, 7) is 1.26. The average Bonchev–Trinajstić information content (AvgIpc) is 3.06. The number of imidazole rings is 1. The lowest BCUT2D eigenvalue weighted by atomic mass is 10.2. The molecule has 0 amide bonds. The summed E-state index contributed by atoms with van der Waals surface area (Å²) < 4.78 is 12.6. The summed E-state index contributed by atoms with van der Waals surface area (Å²) in [4.78, 5) is 5.39. The zero-order chi connectivity index (χ0) is 14.7. The summed E-state index contributed by atoms with van der Waals surface area (Å²) in [6.07, 6.45) is 2.01. The van der Waals surface area contributed by atoms with Crippen molar-refractivity contribution >= 4 is 22.0 Å². The number of hydrogen-bond acceptors (Lipinski definition) is 5. The van der Waals surface area contributed by atoms with E-state index in [2.05, 4.69) is 20.8 Å². The van der Waals surface area contributed by atoms with Gasteiger partial charge in [0.1, 0.15) is 5.69 Å². The molecule has 0 aliphatic heterocycles. The van der Waals surface area contributed by atoms with Gasteiger partial charge in [0.05, 0.1) is 20.3 Å². The van der Waals surface area contributed by atoms with Crippen molar-refractivity contribution in [1.82, 2.24) is 9.38 Å². The number of anilines is 1. The first-order chi connectivity index (χ1) is 10.3. The topological polar surface area (TPSA) is 47.8 Å². The van der Waals surface area contributed by atoms with Gasteiger partial charge in [-0.25, -0.2) is 0 Å². The molecule has 0 atom stereocenters. The molecule has 0 saturated carbocycles. The van der Waals surface area contributed by atoms with Crippen LogP contribution >= 0.6 is 11.3 Å². The molecule has 0 saturated heterocycles. The summed E-state index contributed by atoms with van der Waals surface area (Å²) in [7, 11) is 3.35. The second-order valence-electron chi connectivity index (χ2n) is 4.61. The first-order valence-electron chi connectivity index (χ1n) is 6.62. The number of methoxy groups -OCH3 is 2. The maximum absolute atomic E-state index is 5.35. The van der Waals surface area contributed by atoms with Gasteiger partial charge in [0.15, 0.2) is 4.96 Å². The van der Waals surface area contributed by atoms with Crippen LogP contribution in [0.5, 0.6) is 5.88 Å². The largest absolute Gasteiger partial charge is 0.480 e. The lowest BCUT2D eigenvalue weighted by Crippen LogP contribution is -2.04. The van der Waals surface area contributed by atoms with Gasteiger partial charge in [-0.3, -0.25) is 4.40 Å². The summed E-state index contributed by atoms with van der Waals surface area (Å²) in [5.41, 5.74) is 3.21. The van der Waals surface area contributed by atoms with E-state index in [1.165, 1.54) is 0 Å². The average molecular weight is 303 g/mol. The van der Waals surface area contributed by atoms with Gasteiger partial charge in [-0.15, -0.1) is 11.3 Å². The van der Waals surface area contributed by atoms with Gasteiger partial charge in [0.25, 0.3) is 0 Å². The summed E-state index contributed by atoms with van der Waals surface area (Å²) >= 11 is 1.60. The van der Waals surface area contributed by atoms with Gasteiger partial charge in [-0.1, -0.05) is 12.1 Å². The Kier molecular flexibility index (Phi) is 4.08. The van der Waals surface area contributed by atoms with Crippen LogP contribution in [0.1, 0.15) is 11.3 Å². The Labute approximate surface area is 127 Å². The third-order valence-corrected chi connectivity index (χ3v) is 3.97. The molecular formula is C15H17N3O2S. The van der Waals surface area contributed by atoms with Crippen molar-refractivity contribution in [3.63, 3.8) is 0 Å². The van der Waals surface area contributed by atoms with E-state index < -0.39 is 0 Å². The molecule has 0 unspecified atom stereocenters. The van der Waals surface area contributed by atoms with Gasteiger partial charge < -0.3 is 14.8 Å². The molecule has 3 aromatic rings. The number of fused-ring (bicyclic) bond motifs is 1. The molecule has 1 N–H and O–H groups in total. The van der Waals surface area contributed by atoms with Gasteiger partial charge >= 0.3 is 0 Å². The molecule has 2 heterocycles. The van der Waals surface area contributed by atoms with Gasteiger partial charge in [-0.2, -0.15) is 4.98 Å². The number of thiazole rings is 1. The third-order valence-electron chi connectivity index (χ3n) is 3.22. The van der Waals surface area contributed by atoms with Crippen LogP contribution in [-0.4, -0.2) is 23.6 Å². The molecule has 0 aliphatic carbocycles. The number of ether oxygens (including phenoxy) is 2. The molecule has 0 radical (unpaired) electrons. The zero-order valence-electron chi connectivity index (χ0n) is 12.0. The van der Waals surface area contributed by atoms with E-state index in [0.717, 1.165) is 21.9 Å². The Hall–Kier alpha value is -2.05. The van der Waals surface area contributed by atoms with Crippen LogP contribution in [0.2, 0.25) is 0 Å². The molecule has 2 aromatic heterocycles. The molecule has 110 valence electrons. The van der Waals surface area contributed by atoms with Crippen LogP contribution in [0.3, 0.4) is 0 Å². The minimum absolute atomic E-state index is 0.611. The third kappa shape index (κ3) is 2.86. The molecular weight excluding hydrogens is 286 g/mol. The standard InChI is InChI=1S/C15H17N3O2S/c1-19-10-11-4-3-5-12(8-11)16-9-13-14(20-2)17-15-18(13)6-7-21-15/h3-8,16H,9-10H2,1-2H3. The van der Waals surface area contributed by atoms with Crippen LogP contribution in [0.15, 0.2) is 35.8 Å². The zero-order valence-corrected chi connectivity index (χ0v) is 12.8. The highest BCUT2D eigenvalue weighted by molar-refractivity contribution is 7.15. The Morgan fingerprint density at radius 2 is 2.24 bits per heavy atom. The number of nitrogens with one attached hydrogen (secondary N) is 1. The molecule has 6 heteroatoms. The fraction of sp³-hybridized carbons (Fsp3) is 0.267. The fourth-order valence-electron chi connectivity index (χ4n) is 2.26. The first-order valence-corrected chi connectivity index (χ1v) is 7.50. The second-order valence-corrected chi connectivity index (χ2v) is 5.48. The highest BCUT2D eigenvalue weighted by atomic mass is 32.1. The molecule has 0 fully saturated rings. The van der Waals surface area contributed by atoms with Crippen molar-refractivity contribution in [2.75, 3.05) is 19.5 Å². The smallest absolute Gasteiger partial charge is 0.238 e. The van der Waals surface area contributed by atoms with Crippen molar-refractivity contribution in [2.45, 2.75) is 13.2 Å². The normalized spacial score (nSPS) is 11.0. The number of nitrogens with zero attached hydrogens (tertiary/aromatic N) is 2. The Bertz CT molecular complexity index is 735. The summed E-state index contributed by atoms with van der Waals surface area (Å²) in [6, 6.07) is 8.19. The van der Waals surface area contributed by atoms with Gasteiger partial charge in [0, 0.05) is 24.4 Å². The van der Waals surface area contributed by atoms with Gasteiger partial charge in [0.2, 0.25) is 5.88 Å². The Morgan fingerprint density at radius 1 is 1.33 bits per heavy atom. The second kappa shape index (κ2) is 6.15. The predicted octanol–water partition coefficient (Wildman–Crippen LogP) is 3.16.